The average Bonchev–Trinajstić information content (AvgIpc) is 2.58. The first-order valence-electron chi connectivity index (χ1n) is 5.95. The van der Waals surface area contributed by atoms with Gasteiger partial charge < -0.3 is 15.8 Å². The van der Waals surface area contributed by atoms with Crippen LogP contribution in [0.25, 0.3) is 0 Å². The molecule has 0 radical (unpaired) electrons. The molecule has 0 bridgehead atoms. The first-order valence-corrected chi connectivity index (χ1v) is 6.77. The topological polar surface area (TPSA) is 77.2 Å². The quantitative estimate of drug-likeness (QED) is 0.842. The normalized spacial score (nSPS) is 12.1. The number of thiazole rings is 1. The maximum atomic E-state index is 11.8. The number of aryl methyl sites for hydroxylation is 1. The molecule has 0 aliphatic rings. The highest BCUT2D eigenvalue weighted by Gasteiger charge is 2.17. The van der Waals surface area contributed by atoms with Crippen molar-refractivity contribution in [3.8, 4) is 0 Å². The van der Waals surface area contributed by atoms with Crippen molar-refractivity contribution >= 4 is 34.7 Å². The fraction of sp³-hybridized carbons (Fsp3) is 0.667. The second-order valence-corrected chi connectivity index (χ2v) is 5.86. The summed E-state index contributed by atoms with van der Waals surface area (Å²) in [6.45, 7) is 6.39. The van der Waals surface area contributed by atoms with Crippen LogP contribution in [0.1, 0.15) is 24.5 Å². The third kappa shape index (κ3) is 5.86. The van der Waals surface area contributed by atoms with Gasteiger partial charge in [0, 0.05) is 7.11 Å². The van der Waals surface area contributed by atoms with E-state index in [1.54, 1.807) is 0 Å². The van der Waals surface area contributed by atoms with Gasteiger partial charge in [0.1, 0.15) is 11.0 Å². The van der Waals surface area contributed by atoms with Gasteiger partial charge in [0.15, 0.2) is 0 Å². The van der Waals surface area contributed by atoms with Crippen molar-refractivity contribution < 1.29 is 9.53 Å². The standard InChI is InChI=1S/C12H21N3O2S.ClH/c1-7(2)5-10-12(18-8(3)14-10)15-11(16)9(13)6-17-4;/h7,9H,5-6,13H2,1-4H3,(H,15,16);1H. The molecule has 19 heavy (non-hydrogen) atoms. The largest absolute Gasteiger partial charge is 0.383 e. The summed E-state index contributed by atoms with van der Waals surface area (Å²) in [5, 5.41) is 4.58. The highest BCUT2D eigenvalue weighted by Crippen LogP contribution is 2.26. The van der Waals surface area contributed by atoms with E-state index < -0.39 is 6.04 Å². The number of carbonyl (C=O) groups excluding carboxylic acids is 1. The Bertz CT molecular complexity index is 410. The van der Waals surface area contributed by atoms with Gasteiger partial charge in [-0.3, -0.25) is 4.79 Å². The lowest BCUT2D eigenvalue weighted by molar-refractivity contribution is -0.118. The van der Waals surface area contributed by atoms with Gasteiger partial charge in [-0.1, -0.05) is 13.8 Å². The number of aromatic nitrogens is 1. The number of halogens is 1. The molecule has 0 saturated carbocycles. The van der Waals surface area contributed by atoms with Crippen LogP contribution in [0.5, 0.6) is 0 Å². The van der Waals surface area contributed by atoms with E-state index in [1.807, 2.05) is 6.92 Å². The number of nitrogens with two attached hydrogens (primary N) is 1. The minimum Gasteiger partial charge on any atom is -0.383 e. The molecular formula is C12H22ClN3O2S. The Labute approximate surface area is 124 Å². The van der Waals surface area contributed by atoms with E-state index in [1.165, 1.54) is 18.4 Å². The molecule has 3 N–H and O–H groups in total. The van der Waals surface area contributed by atoms with Gasteiger partial charge in [-0.05, 0) is 19.3 Å². The highest BCUT2D eigenvalue weighted by atomic mass is 35.5. The summed E-state index contributed by atoms with van der Waals surface area (Å²) in [6.07, 6.45) is 0.847. The maximum Gasteiger partial charge on any atom is 0.244 e. The van der Waals surface area contributed by atoms with Crippen molar-refractivity contribution in [2.75, 3.05) is 19.0 Å². The number of nitrogens with zero attached hydrogens (tertiary/aromatic N) is 1. The van der Waals surface area contributed by atoms with Gasteiger partial charge >= 0.3 is 0 Å². The van der Waals surface area contributed by atoms with Gasteiger partial charge in [0.25, 0.3) is 0 Å². The Hall–Kier alpha value is -0.690. The summed E-state index contributed by atoms with van der Waals surface area (Å²) in [6, 6.07) is -0.649. The Morgan fingerprint density at radius 2 is 2.16 bits per heavy atom. The number of ether oxygens (including phenoxy) is 1. The number of rotatable bonds is 6. The first-order chi connectivity index (χ1) is 8.43. The van der Waals surface area contributed by atoms with Crippen LogP contribution in [0, 0.1) is 12.8 Å². The lowest BCUT2D eigenvalue weighted by Crippen LogP contribution is -2.39. The van der Waals surface area contributed by atoms with Gasteiger partial charge in [0.2, 0.25) is 5.91 Å². The summed E-state index contributed by atoms with van der Waals surface area (Å²) in [5.41, 5.74) is 6.62. The SMILES string of the molecule is COCC(N)C(=O)Nc1sc(C)nc1CC(C)C.Cl. The fourth-order valence-electron chi connectivity index (χ4n) is 1.55. The number of nitrogens with one attached hydrogen (secondary N) is 1. The second kappa shape index (κ2) is 8.47. The lowest BCUT2D eigenvalue weighted by atomic mass is 10.1. The van der Waals surface area contributed by atoms with Crippen molar-refractivity contribution in [2.24, 2.45) is 11.7 Å². The van der Waals surface area contributed by atoms with Crippen molar-refractivity contribution in [3.63, 3.8) is 0 Å². The maximum absolute atomic E-state index is 11.8. The van der Waals surface area contributed by atoms with E-state index in [0.29, 0.717) is 5.92 Å². The number of carbonyl (C=O) groups is 1. The molecular weight excluding hydrogens is 286 g/mol. The molecule has 0 aliphatic heterocycles. The molecule has 1 rings (SSSR count). The molecule has 0 aliphatic carbocycles. The molecule has 0 saturated heterocycles. The van der Waals surface area contributed by atoms with Crippen LogP contribution in [0.4, 0.5) is 5.00 Å². The summed E-state index contributed by atoms with van der Waals surface area (Å²) >= 11 is 1.48. The number of anilines is 1. The van der Waals surface area contributed by atoms with Gasteiger partial charge in [-0.25, -0.2) is 4.98 Å². The van der Waals surface area contributed by atoms with Crippen molar-refractivity contribution in [3.05, 3.63) is 10.7 Å². The molecule has 1 aromatic rings. The zero-order chi connectivity index (χ0) is 13.7. The Morgan fingerprint density at radius 1 is 1.53 bits per heavy atom. The fourth-order valence-corrected chi connectivity index (χ4v) is 2.40. The first kappa shape index (κ1) is 18.3. The van der Waals surface area contributed by atoms with E-state index in [2.05, 4.69) is 24.1 Å². The van der Waals surface area contributed by atoms with E-state index in [-0.39, 0.29) is 24.9 Å². The zero-order valence-electron chi connectivity index (χ0n) is 11.7. The van der Waals surface area contributed by atoms with Gasteiger partial charge in [-0.2, -0.15) is 0 Å². The van der Waals surface area contributed by atoms with E-state index in [4.69, 9.17) is 10.5 Å². The van der Waals surface area contributed by atoms with Crippen LogP contribution in [-0.4, -0.2) is 30.6 Å². The molecule has 1 atom stereocenters. The van der Waals surface area contributed by atoms with Crippen LogP contribution in [0.15, 0.2) is 0 Å². The molecule has 1 aromatic heterocycles. The molecule has 0 aromatic carbocycles. The van der Waals surface area contributed by atoms with Crippen LogP contribution in [0.3, 0.4) is 0 Å². The number of hydrogen-bond donors (Lipinski definition) is 2. The Morgan fingerprint density at radius 3 is 2.68 bits per heavy atom. The smallest absolute Gasteiger partial charge is 0.244 e. The third-order valence-corrected chi connectivity index (χ3v) is 3.25. The average molecular weight is 308 g/mol. The lowest BCUT2D eigenvalue weighted by Gasteiger charge is -2.11. The van der Waals surface area contributed by atoms with E-state index in [9.17, 15) is 4.79 Å². The molecule has 1 unspecified atom stereocenters. The predicted octanol–water partition coefficient (Wildman–Crippen LogP) is 1.98. The Balaban J connectivity index is 0.00000324. The van der Waals surface area contributed by atoms with Crippen molar-refractivity contribution in [1.29, 1.82) is 0 Å². The van der Waals surface area contributed by atoms with Crippen LogP contribution in [-0.2, 0) is 16.0 Å². The van der Waals surface area contributed by atoms with E-state index in [0.717, 1.165) is 22.1 Å². The molecule has 1 heterocycles. The van der Waals surface area contributed by atoms with Crippen LogP contribution >= 0.6 is 23.7 Å². The molecule has 110 valence electrons. The molecule has 7 heteroatoms. The monoisotopic (exact) mass is 307 g/mol. The summed E-state index contributed by atoms with van der Waals surface area (Å²) in [7, 11) is 1.52. The second-order valence-electron chi connectivity index (χ2n) is 4.66. The molecule has 0 spiro atoms. The van der Waals surface area contributed by atoms with Crippen LogP contribution < -0.4 is 11.1 Å². The number of methoxy groups -OCH3 is 1. The third-order valence-electron chi connectivity index (χ3n) is 2.33. The van der Waals surface area contributed by atoms with Crippen molar-refractivity contribution in [2.45, 2.75) is 33.2 Å². The highest BCUT2D eigenvalue weighted by molar-refractivity contribution is 7.16. The summed E-state index contributed by atoms with van der Waals surface area (Å²) in [4.78, 5) is 16.3. The number of amides is 1. The van der Waals surface area contributed by atoms with E-state index >= 15 is 0 Å². The minimum absolute atomic E-state index is 0. The molecule has 0 fully saturated rings. The summed E-state index contributed by atoms with van der Waals surface area (Å²) in [5.74, 6) is 0.264. The number of hydrogen-bond acceptors (Lipinski definition) is 5. The molecule has 5 nitrogen and oxygen atoms in total. The minimum atomic E-state index is -0.649. The van der Waals surface area contributed by atoms with Crippen LogP contribution in [0.2, 0.25) is 0 Å². The predicted molar refractivity (Wildman–Crippen MR) is 81.1 cm³/mol. The Kier molecular flexibility index (Phi) is 8.17. The zero-order valence-corrected chi connectivity index (χ0v) is 13.4. The summed E-state index contributed by atoms with van der Waals surface area (Å²) < 4.78 is 4.86. The van der Waals surface area contributed by atoms with Gasteiger partial charge in [-0.15, -0.1) is 23.7 Å². The molecule has 1 amide bonds. The van der Waals surface area contributed by atoms with Gasteiger partial charge in [0.05, 0.1) is 17.3 Å². The van der Waals surface area contributed by atoms with Crippen molar-refractivity contribution in [1.82, 2.24) is 4.98 Å².